The summed E-state index contributed by atoms with van der Waals surface area (Å²) in [4.78, 5) is 25.6. The van der Waals surface area contributed by atoms with Gasteiger partial charge in [0.15, 0.2) is 0 Å². The summed E-state index contributed by atoms with van der Waals surface area (Å²) in [5, 5.41) is 11.2. The number of hydrogen-bond acceptors (Lipinski definition) is 3. The minimum Gasteiger partial charge on any atom is -0.389 e. The van der Waals surface area contributed by atoms with Crippen molar-refractivity contribution in [3.63, 3.8) is 0 Å². The Labute approximate surface area is 159 Å². The van der Waals surface area contributed by atoms with Crippen LogP contribution < -0.4 is 0 Å². The van der Waals surface area contributed by atoms with Gasteiger partial charge in [0.2, 0.25) is 0 Å². The zero-order valence-corrected chi connectivity index (χ0v) is 17.3. The van der Waals surface area contributed by atoms with E-state index in [1.165, 1.54) is 0 Å². The van der Waals surface area contributed by atoms with E-state index in [2.05, 4.69) is 36.7 Å². The smallest absolute Gasteiger partial charge is 0.146 e. The summed E-state index contributed by atoms with van der Waals surface area (Å²) in [5.74, 6) is 1.88. The van der Waals surface area contributed by atoms with Crippen molar-refractivity contribution in [3.05, 3.63) is 0 Å². The van der Waals surface area contributed by atoms with E-state index in [4.69, 9.17) is 0 Å². The number of alkyl halides is 1. The van der Waals surface area contributed by atoms with Crippen LogP contribution in [0.3, 0.4) is 0 Å². The maximum Gasteiger partial charge on any atom is 0.146 e. The fourth-order valence-corrected chi connectivity index (χ4v) is 8.68. The van der Waals surface area contributed by atoms with Crippen LogP contribution in [0.5, 0.6) is 0 Å². The SMILES string of the molecule is CC[C@]1(O)CC[C@H]2[C@@H]3CC[C@@H]4[C@@H](Br)C(=O)CC[C@]4(C)[C@H]3C(=O)C[C@@]21C. The number of ketones is 2. The van der Waals surface area contributed by atoms with Crippen molar-refractivity contribution in [3.8, 4) is 0 Å². The van der Waals surface area contributed by atoms with E-state index >= 15 is 0 Å². The van der Waals surface area contributed by atoms with Gasteiger partial charge in [-0.3, -0.25) is 9.59 Å². The Morgan fingerprint density at radius 3 is 2.48 bits per heavy atom. The van der Waals surface area contributed by atoms with Crippen LogP contribution in [-0.4, -0.2) is 27.1 Å². The van der Waals surface area contributed by atoms with Crippen molar-refractivity contribution in [1.29, 1.82) is 0 Å². The molecule has 4 saturated carbocycles. The Morgan fingerprint density at radius 2 is 1.80 bits per heavy atom. The number of Topliss-reactive ketones (excluding diaryl/α,β-unsaturated/α-hetero) is 2. The molecule has 140 valence electrons. The summed E-state index contributed by atoms with van der Waals surface area (Å²) in [5.41, 5.74) is -1.01. The van der Waals surface area contributed by atoms with Crippen LogP contribution >= 0.6 is 15.9 Å². The third-order valence-corrected chi connectivity index (χ3v) is 10.3. The van der Waals surface area contributed by atoms with E-state index in [0.29, 0.717) is 36.2 Å². The van der Waals surface area contributed by atoms with Crippen LogP contribution in [0.4, 0.5) is 0 Å². The summed E-state index contributed by atoms with van der Waals surface area (Å²) >= 11 is 3.66. The molecule has 0 radical (unpaired) electrons. The van der Waals surface area contributed by atoms with Gasteiger partial charge in [-0.25, -0.2) is 0 Å². The van der Waals surface area contributed by atoms with E-state index in [1.807, 2.05) is 0 Å². The molecule has 0 amide bonds. The topological polar surface area (TPSA) is 54.4 Å². The van der Waals surface area contributed by atoms with Gasteiger partial charge in [-0.05, 0) is 61.7 Å². The van der Waals surface area contributed by atoms with Gasteiger partial charge in [-0.1, -0.05) is 36.7 Å². The number of halogens is 1. The average molecular weight is 411 g/mol. The van der Waals surface area contributed by atoms with Crippen molar-refractivity contribution in [2.24, 2.45) is 34.5 Å². The van der Waals surface area contributed by atoms with E-state index in [0.717, 1.165) is 38.5 Å². The lowest BCUT2D eigenvalue weighted by molar-refractivity contribution is -0.172. The lowest BCUT2D eigenvalue weighted by Crippen LogP contribution is -2.61. The number of hydrogen-bond donors (Lipinski definition) is 1. The van der Waals surface area contributed by atoms with Crippen molar-refractivity contribution < 1.29 is 14.7 Å². The third kappa shape index (κ3) is 2.19. The van der Waals surface area contributed by atoms with Gasteiger partial charge < -0.3 is 5.11 Å². The van der Waals surface area contributed by atoms with Gasteiger partial charge in [-0.15, -0.1) is 0 Å². The monoisotopic (exact) mass is 410 g/mol. The molecule has 4 heteroatoms. The minimum absolute atomic E-state index is 0.0592. The Bertz CT molecular complexity index is 618. The van der Waals surface area contributed by atoms with Crippen LogP contribution in [-0.2, 0) is 9.59 Å². The molecule has 4 fully saturated rings. The standard InChI is InChI=1S/C21H31BrO3/c1-4-21(25)10-7-13-12-5-6-14-18(22)15(23)8-9-19(14,2)17(12)16(24)11-20(13,21)3/h12-14,17-18,25H,4-11H2,1-3H3/t12-,13-,14+,17+,18+,19-,20-,21-/m0/s1. The van der Waals surface area contributed by atoms with Gasteiger partial charge in [0, 0.05) is 24.2 Å². The molecule has 0 aliphatic heterocycles. The first kappa shape index (κ1) is 18.2. The first-order valence-electron chi connectivity index (χ1n) is 10.1. The number of aliphatic hydroxyl groups is 1. The molecule has 0 aromatic carbocycles. The molecular formula is C21H31BrO3. The normalized spacial score (nSPS) is 55.5. The predicted octanol–water partition coefficient (Wildman–Crippen LogP) is 4.29. The van der Waals surface area contributed by atoms with Crippen molar-refractivity contribution >= 4 is 27.5 Å². The highest BCUT2D eigenvalue weighted by Gasteiger charge is 2.67. The highest BCUT2D eigenvalue weighted by molar-refractivity contribution is 9.10. The highest BCUT2D eigenvalue weighted by Crippen LogP contribution is 2.67. The summed E-state index contributed by atoms with van der Waals surface area (Å²) in [7, 11) is 0. The van der Waals surface area contributed by atoms with Crippen LogP contribution in [0, 0.1) is 34.5 Å². The summed E-state index contributed by atoms with van der Waals surface area (Å²) in [6, 6.07) is 0. The molecule has 4 rings (SSSR count). The fourth-order valence-electron chi connectivity index (χ4n) is 7.58. The lowest BCUT2D eigenvalue weighted by atomic mass is 9.44. The molecule has 3 nitrogen and oxygen atoms in total. The summed E-state index contributed by atoms with van der Waals surface area (Å²) < 4.78 is 0. The van der Waals surface area contributed by atoms with E-state index in [1.54, 1.807) is 0 Å². The molecule has 8 atom stereocenters. The van der Waals surface area contributed by atoms with Gasteiger partial charge in [-0.2, -0.15) is 0 Å². The Balaban J connectivity index is 1.72. The van der Waals surface area contributed by atoms with Crippen molar-refractivity contribution in [1.82, 2.24) is 0 Å². The molecule has 0 aromatic rings. The molecule has 0 bridgehead atoms. The van der Waals surface area contributed by atoms with Crippen LogP contribution in [0.1, 0.15) is 72.1 Å². The van der Waals surface area contributed by atoms with Gasteiger partial charge in [0.25, 0.3) is 0 Å². The second-order valence-corrected chi connectivity index (χ2v) is 10.8. The molecule has 0 aromatic heterocycles. The predicted molar refractivity (Wildman–Crippen MR) is 100 cm³/mol. The second-order valence-electron chi connectivity index (χ2n) is 9.79. The van der Waals surface area contributed by atoms with Gasteiger partial charge in [0.1, 0.15) is 11.6 Å². The van der Waals surface area contributed by atoms with Crippen LogP contribution in [0.15, 0.2) is 0 Å². The highest BCUT2D eigenvalue weighted by atomic mass is 79.9. The maximum absolute atomic E-state index is 13.4. The zero-order chi connectivity index (χ0) is 18.2. The van der Waals surface area contributed by atoms with Gasteiger partial charge >= 0.3 is 0 Å². The number of fused-ring (bicyclic) bond motifs is 5. The molecule has 0 spiro atoms. The minimum atomic E-state index is -0.684. The first-order chi connectivity index (χ1) is 11.7. The molecule has 0 heterocycles. The second kappa shape index (κ2) is 5.64. The van der Waals surface area contributed by atoms with E-state index < -0.39 is 5.60 Å². The molecule has 0 saturated heterocycles. The maximum atomic E-state index is 13.4. The zero-order valence-electron chi connectivity index (χ0n) is 15.7. The Morgan fingerprint density at radius 1 is 1.08 bits per heavy atom. The Kier molecular flexibility index (Phi) is 4.10. The lowest BCUT2D eigenvalue weighted by Gasteiger charge is -2.60. The number of carbonyl (C=O) groups is 2. The molecule has 25 heavy (non-hydrogen) atoms. The third-order valence-electron chi connectivity index (χ3n) is 9.11. The summed E-state index contributed by atoms with van der Waals surface area (Å²) in [6.07, 6.45) is 6.66. The quantitative estimate of drug-likeness (QED) is 0.655. The Hall–Kier alpha value is -0.220. The fraction of sp³-hybridized carbons (Fsp3) is 0.905. The largest absolute Gasteiger partial charge is 0.389 e. The number of rotatable bonds is 1. The van der Waals surface area contributed by atoms with Crippen LogP contribution in [0.25, 0.3) is 0 Å². The van der Waals surface area contributed by atoms with E-state index in [-0.39, 0.29) is 27.5 Å². The molecular weight excluding hydrogens is 380 g/mol. The van der Waals surface area contributed by atoms with Crippen LogP contribution in [0.2, 0.25) is 0 Å². The average Bonchev–Trinajstić information content (AvgIpc) is 2.83. The molecule has 0 unspecified atom stereocenters. The van der Waals surface area contributed by atoms with Gasteiger partial charge in [0.05, 0.1) is 10.4 Å². The molecule has 4 aliphatic carbocycles. The molecule has 4 aliphatic rings. The van der Waals surface area contributed by atoms with E-state index in [9.17, 15) is 14.7 Å². The first-order valence-corrected chi connectivity index (χ1v) is 11.0. The van der Waals surface area contributed by atoms with Crippen molar-refractivity contribution in [2.75, 3.05) is 0 Å². The molecule has 1 N–H and O–H groups in total. The van der Waals surface area contributed by atoms with Crippen molar-refractivity contribution in [2.45, 2.75) is 82.6 Å². The number of carbonyl (C=O) groups excluding carboxylic acids is 2. The summed E-state index contributed by atoms with van der Waals surface area (Å²) in [6.45, 7) is 6.51.